The highest BCUT2D eigenvalue weighted by Gasteiger charge is 2.33. The van der Waals surface area contributed by atoms with E-state index in [2.05, 4.69) is 27.8 Å². The van der Waals surface area contributed by atoms with Crippen LogP contribution in [0.1, 0.15) is 46.2 Å². The summed E-state index contributed by atoms with van der Waals surface area (Å²) in [4.78, 5) is 27.1. The normalized spacial score (nSPS) is 15.7. The summed E-state index contributed by atoms with van der Waals surface area (Å²) >= 11 is 7.09. The summed E-state index contributed by atoms with van der Waals surface area (Å²) in [6.07, 6.45) is 2.61. The summed E-state index contributed by atoms with van der Waals surface area (Å²) in [7, 11) is 0. The number of hydrogen-bond acceptors (Lipinski definition) is 5. The van der Waals surface area contributed by atoms with E-state index in [1.165, 1.54) is 16.9 Å². The molecule has 1 saturated heterocycles. The van der Waals surface area contributed by atoms with Crippen molar-refractivity contribution in [2.24, 2.45) is 0 Å². The van der Waals surface area contributed by atoms with Gasteiger partial charge >= 0.3 is 6.03 Å². The molecule has 3 amide bonds. The second-order valence-corrected chi connectivity index (χ2v) is 8.68. The lowest BCUT2D eigenvalue weighted by atomic mass is 10.1. The molecule has 9 heteroatoms. The first kappa shape index (κ1) is 21.3. The van der Waals surface area contributed by atoms with Crippen LogP contribution in [0.5, 0.6) is 0 Å². The number of nitrogens with zero attached hydrogens (tertiary/aromatic N) is 3. The summed E-state index contributed by atoms with van der Waals surface area (Å²) in [6, 6.07) is 14.3. The zero-order valence-corrected chi connectivity index (χ0v) is 18.5. The van der Waals surface area contributed by atoms with Crippen LogP contribution in [0.15, 0.2) is 48.5 Å². The minimum absolute atomic E-state index is 0.172. The van der Waals surface area contributed by atoms with Crippen LogP contribution < -0.4 is 10.6 Å². The van der Waals surface area contributed by atoms with Crippen LogP contribution in [-0.4, -0.2) is 33.6 Å². The molecule has 2 heterocycles. The first-order valence-electron chi connectivity index (χ1n) is 10.1. The Hall–Kier alpha value is -2.97. The van der Waals surface area contributed by atoms with Gasteiger partial charge in [0.25, 0.3) is 5.91 Å². The predicted octanol–water partition coefficient (Wildman–Crippen LogP) is 5.38. The number of aryl methyl sites for hydroxylation is 1. The first-order valence-corrected chi connectivity index (χ1v) is 11.3. The molecule has 1 fully saturated rings. The van der Waals surface area contributed by atoms with Crippen LogP contribution in [0, 0.1) is 0 Å². The van der Waals surface area contributed by atoms with Crippen LogP contribution in [-0.2, 0) is 6.42 Å². The molecule has 31 heavy (non-hydrogen) atoms. The van der Waals surface area contributed by atoms with E-state index in [1.807, 2.05) is 24.3 Å². The van der Waals surface area contributed by atoms with Gasteiger partial charge in [0.05, 0.1) is 6.04 Å². The molecule has 3 aromatic rings. The van der Waals surface area contributed by atoms with E-state index < -0.39 is 0 Å². The first-order chi connectivity index (χ1) is 15.0. The number of benzene rings is 2. The topological polar surface area (TPSA) is 87.2 Å². The molecule has 1 aliphatic heterocycles. The third-order valence-corrected chi connectivity index (χ3v) is 6.42. The maximum absolute atomic E-state index is 12.8. The van der Waals surface area contributed by atoms with E-state index in [-0.39, 0.29) is 23.0 Å². The number of halogens is 1. The number of likely N-dealkylation sites (tertiary alicyclic amines) is 1. The summed E-state index contributed by atoms with van der Waals surface area (Å²) in [5.74, 6) is -0.337. The number of rotatable bonds is 5. The quantitative estimate of drug-likeness (QED) is 0.541. The number of carbonyl (C=O) groups excluding carboxylic acids is 2. The van der Waals surface area contributed by atoms with E-state index >= 15 is 0 Å². The van der Waals surface area contributed by atoms with Crippen molar-refractivity contribution >= 4 is 46.3 Å². The second-order valence-electron chi connectivity index (χ2n) is 7.24. The second kappa shape index (κ2) is 9.45. The van der Waals surface area contributed by atoms with Crippen LogP contribution in [0.2, 0.25) is 5.02 Å². The van der Waals surface area contributed by atoms with E-state index in [0.29, 0.717) is 22.3 Å². The van der Waals surface area contributed by atoms with E-state index in [1.54, 1.807) is 29.2 Å². The monoisotopic (exact) mass is 455 g/mol. The molecule has 1 aliphatic rings. The van der Waals surface area contributed by atoms with Gasteiger partial charge in [0, 0.05) is 22.9 Å². The molecule has 0 saturated carbocycles. The Kier molecular flexibility index (Phi) is 6.48. The molecule has 2 aromatic carbocycles. The van der Waals surface area contributed by atoms with Crippen molar-refractivity contribution in [3.8, 4) is 0 Å². The van der Waals surface area contributed by atoms with E-state index in [4.69, 9.17) is 11.6 Å². The fourth-order valence-electron chi connectivity index (χ4n) is 3.46. The molecular weight excluding hydrogens is 434 g/mol. The molecule has 1 atom stereocenters. The average Bonchev–Trinajstić information content (AvgIpc) is 3.45. The Morgan fingerprint density at radius 1 is 1.06 bits per heavy atom. The molecule has 4 rings (SSSR count). The van der Waals surface area contributed by atoms with Crippen LogP contribution >= 0.6 is 22.9 Å². The smallest absolute Gasteiger partial charge is 0.320 e. The van der Waals surface area contributed by atoms with Gasteiger partial charge in [-0.3, -0.25) is 4.79 Å². The van der Waals surface area contributed by atoms with Crippen LogP contribution in [0.3, 0.4) is 0 Å². The third-order valence-electron chi connectivity index (χ3n) is 5.15. The van der Waals surface area contributed by atoms with Crippen molar-refractivity contribution in [1.82, 2.24) is 15.1 Å². The van der Waals surface area contributed by atoms with Gasteiger partial charge in [-0.15, -0.1) is 10.2 Å². The molecule has 160 valence electrons. The summed E-state index contributed by atoms with van der Waals surface area (Å²) in [5, 5.41) is 15.5. The molecule has 0 bridgehead atoms. The number of urea groups is 1. The zero-order valence-electron chi connectivity index (χ0n) is 17.0. The largest absolute Gasteiger partial charge is 0.322 e. The van der Waals surface area contributed by atoms with Gasteiger partial charge < -0.3 is 15.5 Å². The summed E-state index contributed by atoms with van der Waals surface area (Å²) < 4.78 is 0. The van der Waals surface area contributed by atoms with Crippen molar-refractivity contribution in [2.45, 2.75) is 32.2 Å². The Labute approximate surface area is 189 Å². The molecule has 0 spiro atoms. The van der Waals surface area contributed by atoms with E-state index in [9.17, 15) is 9.59 Å². The molecule has 1 unspecified atom stereocenters. The number of anilines is 2. The lowest BCUT2D eigenvalue weighted by molar-refractivity contribution is 0.102. The van der Waals surface area contributed by atoms with Crippen LogP contribution in [0.25, 0.3) is 0 Å². The van der Waals surface area contributed by atoms with Gasteiger partial charge in [-0.2, -0.15) is 0 Å². The van der Waals surface area contributed by atoms with Gasteiger partial charge in [0.15, 0.2) is 0 Å². The maximum atomic E-state index is 12.8. The summed E-state index contributed by atoms with van der Waals surface area (Å²) in [5.41, 5.74) is 2.60. The zero-order chi connectivity index (χ0) is 21.8. The van der Waals surface area contributed by atoms with Crippen molar-refractivity contribution in [1.29, 1.82) is 0 Å². The Bertz CT molecular complexity index is 1070. The predicted molar refractivity (Wildman–Crippen MR) is 123 cm³/mol. The molecule has 0 aliphatic carbocycles. The fraction of sp³-hybridized carbons (Fsp3) is 0.273. The lowest BCUT2D eigenvalue weighted by Crippen LogP contribution is -2.34. The lowest BCUT2D eigenvalue weighted by Gasteiger charge is -2.23. The number of hydrogen-bond donors (Lipinski definition) is 2. The van der Waals surface area contributed by atoms with Gasteiger partial charge in [0.1, 0.15) is 5.01 Å². The minimum Gasteiger partial charge on any atom is -0.320 e. The third kappa shape index (κ3) is 5.03. The number of carbonyl (C=O) groups is 2. The van der Waals surface area contributed by atoms with Crippen molar-refractivity contribution in [3.05, 3.63) is 69.1 Å². The molecule has 1 aromatic heterocycles. The Morgan fingerprint density at radius 3 is 2.45 bits per heavy atom. The SMILES string of the molecule is CCc1ccc(NC(=O)N2CCCC2c2nnc(C(=O)Nc3ccc(Cl)cc3)s2)cc1. The number of amides is 3. The van der Waals surface area contributed by atoms with Gasteiger partial charge in [0.2, 0.25) is 5.01 Å². The highest BCUT2D eigenvalue weighted by molar-refractivity contribution is 7.13. The molecule has 2 N–H and O–H groups in total. The Morgan fingerprint density at radius 2 is 1.74 bits per heavy atom. The van der Waals surface area contributed by atoms with Gasteiger partial charge in [-0.25, -0.2) is 4.79 Å². The molecule has 0 radical (unpaired) electrons. The van der Waals surface area contributed by atoms with Crippen molar-refractivity contribution < 1.29 is 9.59 Å². The highest BCUT2D eigenvalue weighted by Crippen LogP contribution is 2.34. The number of aromatic nitrogens is 2. The van der Waals surface area contributed by atoms with Crippen LogP contribution in [0.4, 0.5) is 16.2 Å². The molecule has 7 nitrogen and oxygen atoms in total. The maximum Gasteiger partial charge on any atom is 0.322 e. The average molecular weight is 456 g/mol. The van der Waals surface area contributed by atoms with Crippen molar-refractivity contribution in [3.63, 3.8) is 0 Å². The minimum atomic E-state index is -0.337. The highest BCUT2D eigenvalue weighted by atomic mass is 35.5. The standard InChI is InChI=1S/C22H22ClN5O2S/c1-2-14-5-9-17(10-6-14)25-22(30)28-13-3-4-18(28)20-26-27-21(31-20)19(29)24-16-11-7-15(23)8-12-16/h5-12,18H,2-4,13H2,1H3,(H,24,29)(H,25,30). The molecular formula is C22H22ClN5O2S. The van der Waals surface area contributed by atoms with Crippen molar-refractivity contribution in [2.75, 3.05) is 17.2 Å². The van der Waals surface area contributed by atoms with Gasteiger partial charge in [-0.05, 0) is 61.2 Å². The number of nitrogens with one attached hydrogen (secondary N) is 2. The Balaban J connectivity index is 1.42. The van der Waals surface area contributed by atoms with Gasteiger partial charge in [-0.1, -0.05) is 42.0 Å². The van der Waals surface area contributed by atoms with E-state index in [0.717, 1.165) is 24.9 Å². The fourth-order valence-corrected chi connectivity index (χ4v) is 4.48. The summed E-state index contributed by atoms with van der Waals surface area (Å²) in [6.45, 7) is 2.73.